The van der Waals surface area contributed by atoms with E-state index in [-0.39, 0.29) is 23.3 Å². The van der Waals surface area contributed by atoms with Crippen LogP contribution in [0.1, 0.15) is 29.3 Å². The van der Waals surface area contributed by atoms with Gasteiger partial charge in [-0.25, -0.2) is 0 Å². The van der Waals surface area contributed by atoms with Crippen molar-refractivity contribution in [1.29, 1.82) is 0 Å². The summed E-state index contributed by atoms with van der Waals surface area (Å²) in [5.41, 5.74) is 4.57. The van der Waals surface area contributed by atoms with Gasteiger partial charge < -0.3 is 10.4 Å². The van der Waals surface area contributed by atoms with Gasteiger partial charge in [-0.05, 0) is 45.9 Å². The van der Waals surface area contributed by atoms with E-state index in [4.69, 9.17) is 0 Å². The first kappa shape index (κ1) is 20.4. The van der Waals surface area contributed by atoms with E-state index in [1.165, 1.54) is 5.56 Å². The number of aliphatic carboxylic acids is 1. The van der Waals surface area contributed by atoms with Crippen molar-refractivity contribution in [3.05, 3.63) is 90.1 Å². The fourth-order valence-electron chi connectivity index (χ4n) is 7.13. The van der Waals surface area contributed by atoms with Crippen LogP contribution in [-0.4, -0.2) is 32.3 Å². The molecule has 0 radical (unpaired) electrons. The fraction of sp³-hybridized carbons (Fsp3) is 0.276. The standard InChI is InChI=1S/C29H25N3O3/c1-28(14-22(33)34)25-23-26(28)29(23,25)31-27(35)21-9-5-8-20-15-30-32(24(20)21)16-17-10-12-19(13-11-17)18-6-3-2-4-7-18/h2-13,15,23,25-26H,14,16H2,1H3,(H,31,35)(H,33,34)/t23?,25-,26+,28?,29?. The Kier molecular flexibility index (Phi) is 3.98. The van der Waals surface area contributed by atoms with Gasteiger partial charge in [0.25, 0.3) is 5.91 Å². The molecule has 4 aliphatic rings. The molecule has 1 amide bonds. The number of hydrogen-bond acceptors (Lipinski definition) is 3. The first-order valence-electron chi connectivity index (χ1n) is 12.1. The molecule has 35 heavy (non-hydrogen) atoms. The summed E-state index contributed by atoms with van der Waals surface area (Å²) in [7, 11) is 0. The third kappa shape index (κ3) is 2.74. The van der Waals surface area contributed by atoms with Crippen LogP contribution in [0.4, 0.5) is 0 Å². The summed E-state index contributed by atoms with van der Waals surface area (Å²) in [6.45, 7) is 2.61. The number of nitrogens with one attached hydrogen (secondary N) is 1. The van der Waals surface area contributed by atoms with Crippen LogP contribution in [0.25, 0.3) is 22.0 Å². The van der Waals surface area contributed by atoms with Crippen LogP contribution < -0.4 is 5.32 Å². The van der Waals surface area contributed by atoms with Gasteiger partial charge in [-0.1, -0.05) is 73.7 Å². The number of carbonyl (C=O) groups is 2. The van der Waals surface area contributed by atoms with Crippen molar-refractivity contribution in [3.63, 3.8) is 0 Å². The number of aromatic nitrogens is 2. The molecule has 0 spiro atoms. The predicted molar refractivity (Wildman–Crippen MR) is 132 cm³/mol. The summed E-state index contributed by atoms with van der Waals surface area (Å²) in [5, 5.41) is 18.0. The van der Waals surface area contributed by atoms with E-state index in [9.17, 15) is 14.7 Å². The van der Waals surface area contributed by atoms with Crippen LogP contribution in [0.5, 0.6) is 0 Å². The third-order valence-corrected chi connectivity index (χ3v) is 8.66. The van der Waals surface area contributed by atoms with E-state index in [0.29, 0.717) is 29.9 Å². The van der Waals surface area contributed by atoms with Gasteiger partial charge >= 0.3 is 5.97 Å². The lowest BCUT2D eigenvalue weighted by molar-refractivity contribution is -0.146. The monoisotopic (exact) mass is 463 g/mol. The second-order valence-corrected chi connectivity index (χ2v) is 10.6. The largest absolute Gasteiger partial charge is 0.481 e. The highest BCUT2D eigenvalue weighted by molar-refractivity contribution is 6.06. The SMILES string of the molecule is CC1(CC(=O)O)[C@H]2C3[C@@H]1C32NC(=O)c1cccc2cnn(Cc3ccc(-c4ccccc4)cc3)c12. The summed E-state index contributed by atoms with van der Waals surface area (Å²) in [4.78, 5) is 24.6. The molecule has 3 unspecified atom stereocenters. The molecule has 1 aromatic heterocycles. The molecule has 1 heterocycles. The maximum absolute atomic E-state index is 13.4. The second-order valence-electron chi connectivity index (χ2n) is 10.6. The Morgan fingerprint density at radius 2 is 1.69 bits per heavy atom. The molecule has 2 N–H and O–H groups in total. The van der Waals surface area contributed by atoms with Crippen molar-refractivity contribution in [2.75, 3.05) is 0 Å². The van der Waals surface area contributed by atoms with Crippen LogP contribution in [0.15, 0.2) is 79.0 Å². The van der Waals surface area contributed by atoms with Gasteiger partial charge in [0, 0.05) is 5.39 Å². The fourth-order valence-corrected chi connectivity index (χ4v) is 7.13. The molecule has 4 saturated carbocycles. The predicted octanol–water partition coefficient (Wildman–Crippen LogP) is 4.59. The van der Waals surface area contributed by atoms with Crippen LogP contribution in [0, 0.1) is 23.2 Å². The smallest absolute Gasteiger partial charge is 0.303 e. The molecular formula is C29H25N3O3. The minimum atomic E-state index is -0.756. The van der Waals surface area contributed by atoms with Crippen LogP contribution in [0.2, 0.25) is 0 Å². The number of nitrogens with zero attached hydrogens (tertiary/aromatic N) is 2. The number of para-hydroxylation sites is 1. The number of fused-ring (bicyclic) bond motifs is 1. The zero-order valence-electron chi connectivity index (χ0n) is 19.3. The second kappa shape index (κ2) is 6.81. The van der Waals surface area contributed by atoms with Crippen LogP contribution in [-0.2, 0) is 11.3 Å². The van der Waals surface area contributed by atoms with E-state index >= 15 is 0 Å². The van der Waals surface area contributed by atoms with E-state index in [1.807, 2.05) is 48.0 Å². The highest BCUT2D eigenvalue weighted by atomic mass is 16.4. The van der Waals surface area contributed by atoms with Crippen LogP contribution >= 0.6 is 0 Å². The van der Waals surface area contributed by atoms with Crippen molar-refractivity contribution < 1.29 is 14.7 Å². The van der Waals surface area contributed by atoms with Gasteiger partial charge in [-0.2, -0.15) is 5.10 Å². The van der Waals surface area contributed by atoms with Gasteiger partial charge in [0.15, 0.2) is 0 Å². The lowest BCUT2D eigenvalue weighted by Crippen LogP contribution is -2.57. The lowest BCUT2D eigenvalue weighted by atomic mass is 9.54. The molecule has 0 saturated heterocycles. The molecule has 2 bridgehead atoms. The Morgan fingerprint density at radius 3 is 2.40 bits per heavy atom. The average Bonchev–Trinajstić information content (AvgIpc) is 3.59. The van der Waals surface area contributed by atoms with Crippen molar-refractivity contribution in [3.8, 4) is 11.1 Å². The Labute approximate surface area is 202 Å². The van der Waals surface area contributed by atoms with Gasteiger partial charge in [0.05, 0.1) is 35.8 Å². The normalized spacial score (nSPS) is 29.2. The molecule has 4 aromatic rings. The molecule has 6 nitrogen and oxygen atoms in total. The zero-order chi connectivity index (χ0) is 23.9. The first-order chi connectivity index (χ1) is 16.9. The highest BCUT2D eigenvalue weighted by Gasteiger charge is 3.04. The summed E-state index contributed by atoms with van der Waals surface area (Å²) in [6.07, 6.45) is 1.99. The summed E-state index contributed by atoms with van der Waals surface area (Å²) in [5.74, 6) is 0.208. The van der Waals surface area contributed by atoms with Gasteiger partial charge in [0.2, 0.25) is 0 Å². The Morgan fingerprint density at radius 1 is 0.971 bits per heavy atom. The van der Waals surface area contributed by atoms with E-state index < -0.39 is 5.97 Å². The molecule has 8 rings (SSSR count). The number of benzene rings is 3. The Bertz CT molecular complexity index is 1490. The summed E-state index contributed by atoms with van der Waals surface area (Å²) in [6, 6.07) is 24.4. The van der Waals surface area contributed by atoms with E-state index in [1.54, 1.807) is 6.20 Å². The molecule has 3 aromatic carbocycles. The molecule has 0 aliphatic heterocycles. The van der Waals surface area contributed by atoms with Crippen molar-refractivity contribution in [2.24, 2.45) is 23.2 Å². The van der Waals surface area contributed by atoms with Gasteiger partial charge in [-0.15, -0.1) is 0 Å². The molecule has 6 heteroatoms. The minimum absolute atomic E-state index is 0.0934. The van der Waals surface area contributed by atoms with E-state index in [2.05, 4.69) is 46.8 Å². The van der Waals surface area contributed by atoms with Crippen LogP contribution in [0.3, 0.4) is 0 Å². The number of amides is 1. The molecule has 174 valence electrons. The third-order valence-electron chi connectivity index (χ3n) is 8.66. The number of hydrogen-bond donors (Lipinski definition) is 2. The topological polar surface area (TPSA) is 84.2 Å². The molecule has 5 atom stereocenters. The molecular weight excluding hydrogens is 438 g/mol. The zero-order valence-corrected chi connectivity index (χ0v) is 19.3. The van der Waals surface area contributed by atoms with Crippen molar-refractivity contribution in [1.82, 2.24) is 15.1 Å². The summed E-state index contributed by atoms with van der Waals surface area (Å²) < 4.78 is 1.89. The lowest BCUT2D eigenvalue weighted by Gasteiger charge is -2.51. The number of carbonyl (C=O) groups excluding carboxylic acids is 1. The van der Waals surface area contributed by atoms with Gasteiger partial charge in [0.1, 0.15) is 0 Å². The number of rotatable bonds is 7. The first-order valence-corrected chi connectivity index (χ1v) is 12.1. The summed E-state index contributed by atoms with van der Waals surface area (Å²) >= 11 is 0. The van der Waals surface area contributed by atoms with Crippen molar-refractivity contribution >= 4 is 22.8 Å². The van der Waals surface area contributed by atoms with Crippen molar-refractivity contribution in [2.45, 2.75) is 25.4 Å². The number of carboxylic acids is 1. The Balaban J connectivity index is 1.12. The van der Waals surface area contributed by atoms with Gasteiger partial charge in [-0.3, -0.25) is 14.3 Å². The highest BCUT2D eigenvalue weighted by Crippen LogP contribution is 2.98. The Hall–Kier alpha value is -3.93. The minimum Gasteiger partial charge on any atom is -0.481 e. The molecule has 4 fully saturated rings. The quantitative estimate of drug-likeness (QED) is 0.420. The maximum Gasteiger partial charge on any atom is 0.303 e. The molecule has 4 aliphatic carbocycles. The average molecular weight is 464 g/mol. The number of carboxylic acid groups (broad SMARTS) is 1. The van der Waals surface area contributed by atoms with E-state index in [0.717, 1.165) is 22.0 Å². The maximum atomic E-state index is 13.4.